The molecule has 0 spiro atoms. The largest absolute Gasteiger partial charge is 0.480 e. The predicted molar refractivity (Wildman–Crippen MR) is 101 cm³/mol. The minimum atomic E-state index is -4.90. The molecule has 0 saturated carbocycles. The molecule has 29 heavy (non-hydrogen) atoms. The molecular weight excluding hydrogens is 406 g/mol. The van der Waals surface area contributed by atoms with Crippen LogP contribution in [0.2, 0.25) is 0 Å². The lowest BCUT2D eigenvalue weighted by atomic mass is 9.86. The lowest BCUT2D eigenvalue weighted by Crippen LogP contribution is -2.59. The van der Waals surface area contributed by atoms with Gasteiger partial charge in [-0.15, -0.1) is 0 Å². The summed E-state index contributed by atoms with van der Waals surface area (Å²) in [4.78, 5) is 23.5. The van der Waals surface area contributed by atoms with E-state index in [-0.39, 0.29) is 44.8 Å². The Hall–Kier alpha value is -2.31. The summed E-state index contributed by atoms with van der Waals surface area (Å²) in [6.45, 7) is 2.80. The van der Waals surface area contributed by atoms with Gasteiger partial charge in [0.1, 0.15) is 11.3 Å². The molecule has 1 heterocycles. The van der Waals surface area contributed by atoms with Gasteiger partial charge in [0, 0.05) is 32.1 Å². The highest BCUT2D eigenvalue weighted by atomic mass is 32.2. The summed E-state index contributed by atoms with van der Waals surface area (Å²) in [5.41, 5.74) is -1.59. The lowest BCUT2D eigenvalue weighted by Gasteiger charge is -2.38. The zero-order valence-corrected chi connectivity index (χ0v) is 16.4. The number of epoxide rings is 1. The number of aliphatic hydroxyl groups is 1. The Bertz CT molecular complexity index is 849. The van der Waals surface area contributed by atoms with Crippen molar-refractivity contribution < 1.29 is 42.2 Å². The highest BCUT2D eigenvalue weighted by Crippen LogP contribution is 2.34. The van der Waals surface area contributed by atoms with Crippen molar-refractivity contribution in [2.24, 2.45) is 0 Å². The molecule has 0 amide bonds. The van der Waals surface area contributed by atoms with Gasteiger partial charge in [0.05, 0.1) is 12.7 Å². The molecule has 2 rings (SSSR count). The first-order valence-electron chi connectivity index (χ1n) is 8.76. The number of carbonyl (C=O) groups excluding carboxylic acids is 1. The van der Waals surface area contributed by atoms with Crippen molar-refractivity contribution in [3.05, 3.63) is 42.5 Å². The number of benzene rings is 1. The summed E-state index contributed by atoms with van der Waals surface area (Å²) in [6.07, 6.45) is 0.0161. The Labute approximate surface area is 168 Å². The molecule has 11 heteroatoms. The average molecular weight is 429 g/mol. The third-order valence-electron chi connectivity index (χ3n) is 4.45. The number of carbonyl (C=O) groups is 2. The SMILES string of the molecule is C=CC(=O)Oc1ccc(C[C@@](CC2CO2)(C(=O)O)N(CCCO)S(=O)(=O)O)cc1. The molecule has 1 aliphatic heterocycles. The number of hydrogen-bond acceptors (Lipinski definition) is 7. The summed E-state index contributed by atoms with van der Waals surface area (Å²) < 4.78 is 44.3. The highest BCUT2D eigenvalue weighted by molar-refractivity contribution is 7.83. The molecule has 1 unspecified atom stereocenters. The molecule has 1 fully saturated rings. The van der Waals surface area contributed by atoms with Crippen LogP contribution in [0, 0.1) is 0 Å². The minimum absolute atomic E-state index is 0.0587. The number of esters is 1. The summed E-state index contributed by atoms with van der Waals surface area (Å²) >= 11 is 0. The number of aliphatic hydroxyl groups excluding tert-OH is 1. The Morgan fingerprint density at radius 2 is 1.97 bits per heavy atom. The molecule has 1 aromatic carbocycles. The number of ether oxygens (including phenoxy) is 2. The Morgan fingerprint density at radius 1 is 1.34 bits per heavy atom. The third kappa shape index (κ3) is 6.08. The van der Waals surface area contributed by atoms with Crippen LogP contribution in [-0.2, 0) is 31.1 Å². The molecule has 0 aliphatic carbocycles. The van der Waals surface area contributed by atoms with E-state index >= 15 is 0 Å². The molecule has 2 atom stereocenters. The minimum Gasteiger partial charge on any atom is -0.480 e. The van der Waals surface area contributed by atoms with Crippen LogP contribution in [0.4, 0.5) is 0 Å². The molecule has 1 aromatic rings. The van der Waals surface area contributed by atoms with Crippen molar-refractivity contribution in [3.63, 3.8) is 0 Å². The zero-order chi connectivity index (χ0) is 21.7. The van der Waals surface area contributed by atoms with Crippen LogP contribution in [-0.4, -0.2) is 70.8 Å². The predicted octanol–water partition coefficient (Wildman–Crippen LogP) is 0.420. The van der Waals surface area contributed by atoms with Gasteiger partial charge < -0.3 is 19.7 Å². The second kappa shape index (κ2) is 9.46. The van der Waals surface area contributed by atoms with Crippen LogP contribution in [0.3, 0.4) is 0 Å². The zero-order valence-electron chi connectivity index (χ0n) is 15.6. The molecule has 10 nitrogen and oxygen atoms in total. The quantitative estimate of drug-likeness (QED) is 0.141. The van der Waals surface area contributed by atoms with E-state index in [1.807, 2.05) is 0 Å². The number of hydrogen-bond donors (Lipinski definition) is 3. The second-order valence-corrected chi connectivity index (χ2v) is 7.91. The van der Waals surface area contributed by atoms with E-state index in [1.54, 1.807) is 0 Å². The van der Waals surface area contributed by atoms with Crippen LogP contribution < -0.4 is 4.74 Å². The van der Waals surface area contributed by atoms with Crippen molar-refractivity contribution >= 4 is 22.2 Å². The monoisotopic (exact) mass is 429 g/mol. The van der Waals surface area contributed by atoms with Gasteiger partial charge >= 0.3 is 22.2 Å². The molecule has 0 aromatic heterocycles. The van der Waals surface area contributed by atoms with Crippen molar-refractivity contribution in [2.45, 2.75) is 30.9 Å². The number of nitrogens with zero attached hydrogens (tertiary/aromatic N) is 1. The van der Waals surface area contributed by atoms with E-state index in [1.165, 1.54) is 24.3 Å². The van der Waals surface area contributed by atoms with Crippen LogP contribution in [0.25, 0.3) is 0 Å². The van der Waals surface area contributed by atoms with Crippen molar-refractivity contribution in [1.82, 2.24) is 4.31 Å². The maximum absolute atomic E-state index is 12.3. The molecular formula is C18H23NO9S. The van der Waals surface area contributed by atoms with Gasteiger partial charge in [0.15, 0.2) is 0 Å². The second-order valence-electron chi connectivity index (χ2n) is 6.57. The number of rotatable bonds is 12. The van der Waals surface area contributed by atoms with Crippen LogP contribution in [0.1, 0.15) is 18.4 Å². The van der Waals surface area contributed by atoms with Gasteiger partial charge in [-0.3, -0.25) is 9.35 Å². The van der Waals surface area contributed by atoms with Gasteiger partial charge in [-0.2, -0.15) is 12.7 Å². The normalized spacial score (nSPS) is 18.1. The Kier molecular flexibility index (Phi) is 7.49. The van der Waals surface area contributed by atoms with Crippen LogP contribution in [0.15, 0.2) is 36.9 Å². The van der Waals surface area contributed by atoms with Crippen molar-refractivity contribution in [3.8, 4) is 5.75 Å². The fourth-order valence-electron chi connectivity index (χ4n) is 3.03. The number of aliphatic carboxylic acids is 1. The van der Waals surface area contributed by atoms with Crippen LogP contribution in [0.5, 0.6) is 5.75 Å². The van der Waals surface area contributed by atoms with E-state index in [4.69, 9.17) is 14.6 Å². The topological polar surface area (TPSA) is 154 Å². The first kappa shape index (κ1) is 23.0. The standard InChI is InChI=1S/C18H23NO9S/c1-2-16(21)28-14-6-4-13(5-7-14)10-18(17(22)23,11-15-12-27-15)19(8-3-9-20)29(24,25)26/h2,4-7,15,20H,1,3,8-12H2,(H,22,23)(H,24,25,26)/t15?,18-/m1/s1. The van der Waals surface area contributed by atoms with Gasteiger partial charge in [0.2, 0.25) is 0 Å². The molecule has 0 radical (unpaired) electrons. The fourth-order valence-corrected chi connectivity index (χ4v) is 4.05. The summed E-state index contributed by atoms with van der Waals surface area (Å²) in [6, 6.07) is 5.85. The molecule has 3 N–H and O–H groups in total. The Balaban J connectivity index is 2.39. The van der Waals surface area contributed by atoms with E-state index in [0.717, 1.165) is 6.08 Å². The first-order valence-corrected chi connectivity index (χ1v) is 10.2. The fraction of sp³-hybridized carbons (Fsp3) is 0.444. The molecule has 1 saturated heterocycles. The maximum atomic E-state index is 12.3. The average Bonchev–Trinajstić information content (AvgIpc) is 3.46. The summed E-state index contributed by atoms with van der Waals surface area (Å²) in [5.74, 6) is -1.91. The molecule has 160 valence electrons. The molecule has 0 bridgehead atoms. The van der Waals surface area contributed by atoms with Gasteiger partial charge in [-0.1, -0.05) is 18.7 Å². The third-order valence-corrected chi connectivity index (χ3v) is 5.54. The number of carboxylic acid groups (broad SMARTS) is 1. The van der Waals surface area contributed by atoms with E-state index in [2.05, 4.69) is 6.58 Å². The highest BCUT2D eigenvalue weighted by Gasteiger charge is 2.52. The first-order chi connectivity index (χ1) is 13.6. The smallest absolute Gasteiger partial charge is 0.336 e. The lowest BCUT2D eigenvalue weighted by molar-refractivity contribution is -0.149. The van der Waals surface area contributed by atoms with Crippen molar-refractivity contribution in [2.75, 3.05) is 19.8 Å². The van der Waals surface area contributed by atoms with E-state index in [0.29, 0.717) is 9.87 Å². The van der Waals surface area contributed by atoms with E-state index in [9.17, 15) is 27.7 Å². The molecule has 1 aliphatic rings. The van der Waals surface area contributed by atoms with Gasteiger partial charge in [0.25, 0.3) is 0 Å². The van der Waals surface area contributed by atoms with Crippen molar-refractivity contribution in [1.29, 1.82) is 0 Å². The van der Waals surface area contributed by atoms with Gasteiger partial charge in [-0.25, -0.2) is 4.79 Å². The maximum Gasteiger partial charge on any atom is 0.336 e. The summed E-state index contributed by atoms with van der Waals surface area (Å²) in [5, 5.41) is 19.1. The number of carboxylic acids is 1. The Morgan fingerprint density at radius 3 is 2.41 bits per heavy atom. The summed E-state index contributed by atoms with van der Waals surface area (Å²) in [7, 11) is -4.90. The van der Waals surface area contributed by atoms with Crippen LogP contribution >= 0.6 is 0 Å². The van der Waals surface area contributed by atoms with Gasteiger partial charge in [-0.05, 0) is 24.1 Å². The van der Waals surface area contributed by atoms with E-state index < -0.39 is 33.9 Å².